The molecular formula is C33H41N3O9. The molecule has 1 aliphatic rings. The summed E-state index contributed by atoms with van der Waals surface area (Å²) in [5, 5.41) is 7.61. The summed E-state index contributed by atoms with van der Waals surface area (Å²) in [6.45, 7) is 2.27. The van der Waals surface area contributed by atoms with Crippen LogP contribution in [0, 0.1) is 5.92 Å². The topological polar surface area (TPSA) is 166 Å². The van der Waals surface area contributed by atoms with E-state index in [0.717, 1.165) is 37.7 Å². The number of rotatable bonds is 16. The third-order valence-electron chi connectivity index (χ3n) is 7.25. The summed E-state index contributed by atoms with van der Waals surface area (Å²) >= 11 is 0. The van der Waals surface area contributed by atoms with Gasteiger partial charge < -0.3 is 30.2 Å². The van der Waals surface area contributed by atoms with Crippen molar-refractivity contribution in [2.75, 3.05) is 19.8 Å². The van der Waals surface area contributed by atoms with Crippen LogP contribution in [0.2, 0.25) is 0 Å². The summed E-state index contributed by atoms with van der Waals surface area (Å²) < 4.78 is 15.5. The van der Waals surface area contributed by atoms with Gasteiger partial charge >= 0.3 is 11.9 Å². The van der Waals surface area contributed by atoms with Gasteiger partial charge in [-0.25, -0.2) is 0 Å². The van der Waals surface area contributed by atoms with Crippen LogP contribution < -0.4 is 20.7 Å². The van der Waals surface area contributed by atoms with Crippen LogP contribution in [-0.2, 0) is 40.1 Å². The van der Waals surface area contributed by atoms with Crippen molar-refractivity contribution < 1.29 is 43.0 Å². The van der Waals surface area contributed by atoms with E-state index in [1.807, 2.05) is 30.3 Å². The number of amides is 3. The molecule has 12 nitrogen and oxygen atoms in total. The maximum Gasteiger partial charge on any atom is 0.325 e. The molecule has 2 aromatic rings. The van der Waals surface area contributed by atoms with Crippen molar-refractivity contribution in [3.05, 3.63) is 65.7 Å². The Hall–Kier alpha value is -4.58. The van der Waals surface area contributed by atoms with Gasteiger partial charge in [-0.3, -0.25) is 28.8 Å². The van der Waals surface area contributed by atoms with E-state index in [4.69, 9.17) is 14.2 Å². The van der Waals surface area contributed by atoms with E-state index >= 15 is 0 Å². The number of esters is 2. The van der Waals surface area contributed by atoms with Crippen molar-refractivity contribution in [2.24, 2.45) is 5.92 Å². The van der Waals surface area contributed by atoms with Gasteiger partial charge in [0.1, 0.15) is 24.4 Å². The van der Waals surface area contributed by atoms with E-state index < -0.39 is 54.1 Å². The highest BCUT2D eigenvalue weighted by Gasteiger charge is 2.32. The highest BCUT2D eigenvalue weighted by atomic mass is 16.5. The first-order valence-electron chi connectivity index (χ1n) is 15.1. The number of carbonyl (C=O) groups excluding carboxylic acids is 6. The minimum absolute atomic E-state index is 0.110. The number of hydrogen-bond acceptors (Lipinski definition) is 9. The van der Waals surface area contributed by atoms with Gasteiger partial charge in [-0.15, -0.1) is 0 Å². The van der Waals surface area contributed by atoms with Crippen molar-refractivity contribution in [1.29, 1.82) is 0 Å². The summed E-state index contributed by atoms with van der Waals surface area (Å²) in [6, 6.07) is 12.6. The second kappa shape index (κ2) is 18.3. The van der Waals surface area contributed by atoms with Crippen molar-refractivity contribution in [1.82, 2.24) is 16.0 Å². The number of hydrogen-bond donors (Lipinski definition) is 3. The van der Waals surface area contributed by atoms with Gasteiger partial charge in [-0.05, 0) is 49.1 Å². The average molecular weight is 624 g/mol. The molecule has 0 saturated heterocycles. The van der Waals surface area contributed by atoms with Crippen LogP contribution in [0.1, 0.15) is 68.3 Å². The molecule has 45 heavy (non-hydrogen) atoms. The SMILES string of the molecule is CCOC(=O)CNC(=O)C(=O)C(COCc1ccccc1)NC(=O)[C@H](CC1CCCCC1)NC(=O)c1ccc(OC(C)=O)cc1. The van der Waals surface area contributed by atoms with Crippen molar-refractivity contribution in [2.45, 2.75) is 71.1 Å². The molecular weight excluding hydrogens is 582 g/mol. The molecule has 1 saturated carbocycles. The van der Waals surface area contributed by atoms with Gasteiger partial charge in [0.2, 0.25) is 11.7 Å². The van der Waals surface area contributed by atoms with Crippen molar-refractivity contribution in [3.63, 3.8) is 0 Å². The second-order valence-corrected chi connectivity index (χ2v) is 10.8. The Balaban J connectivity index is 1.75. The van der Waals surface area contributed by atoms with Crippen LogP contribution in [0.3, 0.4) is 0 Å². The Labute approximate surface area is 262 Å². The molecule has 0 radical (unpaired) electrons. The summed E-state index contributed by atoms with van der Waals surface area (Å²) in [4.78, 5) is 75.7. The van der Waals surface area contributed by atoms with Gasteiger partial charge in [0, 0.05) is 12.5 Å². The van der Waals surface area contributed by atoms with Crippen molar-refractivity contribution in [3.8, 4) is 5.75 Å². The number of ether oxygens (including phenoxy) is 3. The molecule has 0 aliphatic heterocycles. The standard InChI is InChI=1S/C33H41N3O9/c1-3-44-29(38)19-34-33(42)30(39)28(21-43-20-24-12-8-5-9-13-24)36-32(41)27(18-23-10-6-4-7-11-23)35-31(40)25-14-16-26(17-15-25)45-22(2)37/h5,8-9,12-17,23,27-28H,3-4,6-7,10-11,18-21H2,1-2H3,(H,34,42)(H,35,40)(H,36,41)/t27-,28?/m0/s1. The first-order chi connectivity index (χ1) is 21.7. The summed E-state index contributed by atoms with van der Waals surface area (Å²) in [7, 11) is 0. The zero-order valence-electron chi connectivity index (χ0n) is 25.7. The number of carbonyl (C=O) groups is 6. The average Bonchev–Trinajstić information content (AvgIpc) is 3.03. The number of benzene rings is 2. The van der Waals surface area contributed by atoms with Crippen LogP contribution >= 0.6 is 0 Å². The lowest BCUT2D eigenvalue weighted by Gasteiger charge is -2.28. The Kier molecular flexibility index (Phi) is 14.2. The van der Waals surface area contributed by atoms with E-state index in [2.05, 4.69) is 16.0 Å². The molecule has 1 aliphatic carbocycles. The third kappa shape index (κ3) is 12.1. The Morgan fingerprint density at radius 2 is 1.56 bits per heavy atom. The Morgan fingerprint density at radius 1 is 0.867 bits per heavy atom. The lowest BCUT2D eigenvalue weighted by atomic mass is 9.84. The van der Waals surface area contributed by atoms with E-state index in [1.54, 1.807) is 6.92 Å². The lowest BCUT2D eigenvalue weighted by molar-refractivity contribution is -0.146. The molecule has 2 aromatic carbocycles. The zero-order valence-corrected chi connectivity index (χ0v) is 25.7. The summed E-state index contributed by atoms with van der Waals surface area (Å²) in [5.74, 6) is -4.03. The van der Waals surface area contributed by atoms with Gasteiger partial charge in [-0.1, -0.05) is 62.4 Å². The van der Waals surface area contributed by atoms with E-state index in [1.165, 1.54) is 31.2 Å². The summed E-state index contributed by atoms with van der Waals surface area (Å²) in [5.41, 5.74) is 1.06. The molecule has 0 spiro atoms. The van der Waals surface area contributed by atoms with Crippen LogP contribution in [0.25, 0.3) is 0 Å². The van der Waals surface area contributed by atoms with Gasteiger partial charge in [0.25, 0.3) is 11.8 Å². The van der Waals surface area contributed by atoms with E-state index in [-0.39, 0.29) is 37.1 Å². The second-order valence-electron chi connectivity index (χ2n) is 10.8. The summed E-state index contributed by atoms with van der Waals surface area (Å²) in [6.07, 6.45) is 5.26. The van der Waals surface area contributed by atoms with Gasteiger partial charge in [0.05, 0.1) is 19.8 Å². The highest BCUT2D eigenvalue weighted by molar-refractivity contribution is 6.38. The normalized spacial score (nSPS) is 14.4. The Morgan fingerprint density at radius 3 is 2.20 bits per heavy atom. The molecule has 3 amide bonds. The highest BCUT2D eigenvalue weighted by Crippen LogP contribution is 2.27. The van der Waals surface area contributed by atoms with Crippen LogP contribution in [0.15, 0.2) is 54.6 Å². The van der Waals surface area contributed by atoms with Crippen LogP contribution in [0.4, 0.5) is 0 Å². The predicted molar refractivity (Wildman–Crippen MR) is 163 cm³/mol. The monoisotopic (exact) mass is 623 g/mol. The lowest BCUT2D eigenvalue weighted by Crippen LogP contribution is -2.56. The molecule has 3 rings (SSSR count). The molecule has 2 atom stereocenters. The third-order valence-corrected chi connectivity index (χ3v) is 7.25. The molecule has 3 N–H and O–H groups in total. The maximum atomic E-state index is 13.7. The largest absolute Gasteiger partial charge is 0.465 e. The molecule has 0 bridgehead atoms. The smallest absolute Gasteiger partial charge is 0.325 e. The predicted octanol–water partition coefficient (Wildman–Crippen LogP) is 2.63. The molecule has 0 heterocycles. The minimum Gasteiger partial charge on any atom is -0.465 e. The molecule has 12 heteroatoms. The van der Waals surface area contributed by atoms with Gasteiger partial charge in [0.15, 0.2) is 0 Å². The maximum absolute atomic E-state index is 13.7. The number of nitrogens with one attached hydrogen (secondary N) is 3. The van der Waals surface area contributed by atoms with E-state index in [9.17, 15) is 28.8 Å². The molecule has 0 aromatic heterocycles. The fourth-order valence-electron chi connectivity index (χ4n) is 5.00. The number of ketones is 1. The first kappa shape index (κ1) is 34.9. The molecule has 242 valence electrons. The van der Waals surface area contributed by atoms with Crippen molar-refractivity contribution >= 4 is 35.4 Å². The number of Topliss-reactive ketones (excluding diaryl/α,β-unsaturated/α-hetero) is 1. The van der Waals surface area contributed by atoms with E-state index in [0.29, 0.717) is 6.42 Å². The van der Waals surface area contributed by atoms with Crippen LogP contribution in [0.5, 0.6) is 5.75 Å². The molecule has 1 fully saturated rings. The van der Waals surface area contributed by atoms with Crippen LogP contribution in [-0.4, -0.2) is 67.3 Å². The quantitative estimate of drug-likeness (QED) is 0.145. The first-order valence-corrected chi connectivity index (χ1v) is 15.1. The molecule has 1 unspecified atom stereocenters. The minimum atomic E-state index is -1.39. The fraction of sp³-hybridized carbons (Fsp3) is 0.455. The Bertz CT molecular complexity index is 1310. The van der Waals surface area contributed by atoms with Gasteiger partial charge in [-0.2, -0.15) is 0 Å². The fourth-order valence-corrected chi connectivity index (χ4v) is 5.00. The zero-order chi connectivity index (χ0) is 32.6.